The second kappa shape index (κ2) is 9.37. The summed E-state index contributed by atoms with van der Waals surface area (Å²) in [6.07, 6.45) is -0.449. The summed E-state index contributed by atoms with van der Waals surface area (Å²) in [7, 11) is -0.962. The number of carbonyl (C=O) groups is 1. The Morgan fingerprint density at radius 2 is 1.79 bits per heavy atom. The van der Waals surface area contributed by atoms with Crippen LogP contribution in [0, 0.1) is 10.1 Å². The fourth-order valence-corrected chi connectivity index (χ4v) is 4.57. The zero-order chi connectivity index (χ0) is 21.8. The Kier molecular flexibility index (Phi) is 7.38. The lowest BCUT2D eigenvalue weighted by atomic mass is 10.1. The van der Waals surface area contributed by atoms with Crippen molar-refractivity contribution in [2.45, 2.75) is 26.1 Å². The van der Waals surface area contributed by atoms with E-state index in [2.05, 4.69) is 5.32 Å². The Hall–Kier alpha value is -2.44. The van der Waals surface area contributed by atoms with E-state index in [1.165, 1.54) is 24.6 Å². The molecule has 1 N–H and O–H groups in total. The molecule has 0 saturated carbocycles. The van der Waals surface area contributed by atoms with Crippen molar-refractivity contribution in [2.24, 2.45) is 0 Å². The van der Waals surface area contributed by atoms with Gasteiger partial charge in [0.2, 0.25) is 10.0 Å². The summed E-state index contributed by atoms with van der Waals surface area (Å²) in [5.41, 5.74) is -0.725. The number of nitrogens with zero attached hydrogens (tertiary/aromatic N) is 2. The molecule has 0 radical (unpaired) electrons. The number of benzene rings is 1. The number of nitro benzene ring substituents is 1. The molecule has 162 valence electrons. The van der Waals surface area contributed by atoms with Gasteiger partial charge in [0.05, 0.1) is 43.2 Å². The van der Waals surface area contributed by atoms with E-state index in [0.717, 1.165) is 6.07 Å². The molecule has 0 aromatic heterocycles. The highest BCUT2D eigenvalue weighted by Crippen LogP contribution is 2.34. The molecule has 1 saturated heterocycles. The predicted octanol–water partition coefficient (Wildman–Crippen LogP) is 0.781. The number of nitro groups is 1. The minimum Gasteiger partial charge on any atom is -0.493 e. The van der Waals surface area contributed by atoms with Crippen LogP contribution in [0.25, 0.3) is 0 Å². The van der Waals surface area contributed by atoms with Crippen LogP contribution >= 0.6 is 0 Å². The molecular weight excluding hydrogens is 406 g/mol. The molecule has 1 fully saturated rings. The van der Waals surface area contributed by atoms with Crippen LogP contribution in [0.3, 0.4) is 0 Å². The minimum absolute atomic E-state index is 0.105. The topological polar surface area (TPSA) is 137 Å². The zero-order valence-electron chi connectivity index (χ0n) is 16.7. The molecular formula is C17H25N3O8S. The van der Waals surface area contributed by atoms with E-state index < -0.39 is 26.5 Å². The lowest BCUT2D eigenvalue weighted by molar-refractivity contribution is -0.385. The van der Waals surface area contributed by atoms with E-state index in [1.54, 1.807) is 13.8 Å². The van der Waals surface area contributed by atoms with Gasteiger partial charge in [-0.15, -0.1) is 0 Å². The maximum Gasteiger partial charge on any atom is 0.286 e. The molecule has 2 unspecified atom stereocenters. The van der Waals surface area contributed by atoms with Gasteiger partial charge >= 0.3 is 0 Å². The first kappa shape index (κ1) is 22.8. The van der Waals surface area contributed by atoms with Gasteiger partial charge in [0.1, 0.15) is 5.56 Å². The van der Waals surface area contributed by atoms with Crippen molar-refractivity contribution < 1.29 is 32.3 Å². The van der Waals surface area contributed by atoms with E-state index in [9.17, 15) is 23.3 Å². The highest BCUT2D eigenvalue weighted by atomic mass is 32.2. The number of nitrogens with one attached hydrogen (secondary N) is 1. The molecule has 1 aromatic rings. The summed E-state index contributed by atoms with van der Waals surface area (Å²) < 4.78 is 42.0. The molecule has 1 heterocycles. The van der Waals surface area contributed by atoms with Gasteiger partial charge in [-0.1, -0.05) is 0 Å². The predicted molar refractivity (Wildman–Crippen MR) is 104 cm³/mol. The number of carbonyl (C=O) groups excluding carboxylic acids is 1. The molecule has 1 amide bonds. The Balaban J connectivity index is 2.10. The smallest absolute Gasteiger partial charge is 0.286 e. The van der Waals surface area contributed by atoms with Gasteiger partial charge in [0.15, 0.2) is 11.5 Å². The molecule has 1 aromatic carbocycles. The first-order valence-electron chi connectivity index (χ1n) is 8.91. The Morgan fingerprint density at radius 1 is 1.24 bits per heavy atom. The van der Waals surface area contributed by atoms with Crippen molar-refractivity contribution in [1.29, 1.82) is 0 Å². The molecule has 29 heavy (non-hydrogen) atoms. The lowest BCUT2D eigenvalue weighted by Gasteiger charge is -2.34. The number of ether oxygens (including phenoxy) is 3. The van der Waals surface area contributed by atoms with Crippen molar-refractivity contribution in [1.82, 2.24) is 9.62 Å². The van der Waals surface area contributed by atoms with E-state index in [4.69, 9.17) is 14.2 Å². The highest BCUT2D eigenvalue weighted by Gasteiger charge is 2.31. The van der Waals surface area contributed by atoms with E-state index >= 15 is 0 Å². The van der Waals surface area contributed by atoms with Gasteiger partial charge in [-0.2, -0.15) is 4.31 Å². The van der Waals surface area contributed by atoms with Gasteiger partial charge < -0.3 is 19.5 Å². The van der Waals surface area contributed by atoms with Crippen LogP contribution in [0.1, 0.15) is 24.2 Å². The standard InChI is InChI=1S/C17H25N3O8S/c1-11-9-19(10-12(2)28-11)29(24,25)6-5-18-17(21)13-7-15(26-3)16(27-4)8-14(13)20(22)23/h7-8,11-12H,5-6,9-10H2,1-4H3,(H,18,21). The number of hydrogen-bond acceptors (Lipinski definition) is 8. The molecule has 2 atom stereocenters. The average molecular weight is 431 g/mol. The SMILES string of the molecule is COc1cc(C(=O)NCCS(=O)(=O)N2CC(C)OC(C)C2)c([N+](=O)[O-])cc1OC. The first-order valence-corrected chi connectivity index (χ1v) is 10.5. The number of rotatable bonds is 8. The van der Waals surface area contributed by atoms with Crippen molar-refractivity contribution >= 4 is 21.6 Å². The lowest BCUT2D eigenvalue weighted by Crippen LogP contribution is -2.49. The monoisotopic (exact) mass is 431 g/mol. The Labute approximate surface area is 169 Å². The van der Waals surface area contributed by atoms with E-state index in [-0.39, 0.29) is 54.7 Å². The zero-order valence-corrected chi connectivity index (χ0v) is 17.5. The summed E-state index contributed by atoms with van der Waals surface area (Å²) in [5.74, 6) is -0.864. The summed E-state index contributed by atoms with van der Waals surface area (Å²) in [5, 5.41) is 13.7. The molecule has 2 rings (SSSR count). The number of hydrogen-bond donors (Lipinski definition) is 1. The average Bonchev–Trinajstić information content (AvgIpc) is 2.65. The van der Waals surface area contributed by atoms with Crippen LogP contribution in [-0.2, 0) is 14.8 Å². The normalized spacial score (nSPS) is 20.1. The first-order chi connectivity index (χ1) is 13.6. The van der Waals surface area contributed by atoms with Crippen LogP contribution in [0.5, 0.6) is 11.5 Å². The molecule has 11 nitrogen and oxygen atoms in total. The fourth-order valence-electron chi connectivity index (χ4n) is 3.08. The van der Waals surface area contributed by atoms with Crippen LogP contribution in [0.4, 0.5) is 5.69 Å². The number of morpholine rings is 1. The van der Waals surface area contributed by atoms with Gasteiger partial charge in [-0.25, -0.2) is 8.42 Å². The van der Waals surface area contributed by atoms with Crippen LogP contribution in [0.15, 0.2) is 12.1 Å². The number of sulfonamides is 1. The highest BCUT2D eigenvalue weighted by molar-refractivity contribution is 7.89. The quantitative estimate of drug-likeness (QED) is 0.471. The summed E-state index contributed by atoms with van der Waals surface area (Å²) in [4.78, 5) is 23.1. The second-order valence-electron chi connectivity index (χ2n) is 6.63. The third-order valence-corrected chi connectivity index (χ3v) is 6.17. The van der Waals surface area contributed by atoms with E-state index in [1.807, 2.05) is 0 Å². The number of methoxy groups -OCH3 is 2. The summed E-state index contributed by atoms with van der Waals surface area (Å²) in [6.45, 7) is 3.85. The molecule has 12 heteroatoms. The van der Waals surface area contributed by atoms with Crippen molar-refractivity contribution in [3.05, 3.63) is 27.8 Å². The van der Waals surface area contributed by atoms with Gasteiger partial charge in [0, 0.05) is 25.7 Å². The summed E-state index contributed by atoms with van der Waals surface area (Å²) >= 11 is 0. The molecule has 0 bridgehead atoms. The van der Waals surface area contributed by atoms with Crippen LogP contribution in [0.2, 0.25) is 0 Å². The van der Waals surface area contributed by atoms with Crippen molar-refractivity contribution in [3.63, 3.8) is 0 Å². The maximum atomic E-state index is 12.5. The second-order valence-corrected chi connectivity index (χ2v) is 8.72. The Bertz CT molecular complexity index is 864. The van der Waals surface area contributed by atoms with Crippen molar-refractivity contribution in [2.75, 3.05) is 39.6 Å². The van der Waals surface area contributed by atoms with Gasteiger partial charge in [0.25, 0.3) is 11.6 Å². The largest absolute Gasteiger partial charge is 0.493 e. The number of amides is 1. The fraction of sp³-hybridized carbons (Fsp3) is 0.588. The third-order valence-electron chi connectivity index (χ3n) is 4.37. The van der Waals surface area contributed by atoms with Gasteiger partial charge in [-0.05, 0) is 13.8 Å². The van der Waals surface area contributed by atoms with Crippen LogP contribution < -0.4 is 14.8 Å². The van der Waals surface area contributed by atoms with E-state index in [0.29, 0.717) is 0 Å². The summed E-state index contributed by atoms with van der Waals surface area (Å²) in [6, 6.07) is 2.27. The molecule has 1 aliphatic rings. The molecule has 1 aliphatic heterocycles. The van der Waals surface area contributed by atoms with Gasteiger partial charge in [-0.3, -0.25) is 14.9 Å². The van der Waals surface area contributed by atoms with Crippen molar-refractivity contribution in [3.8, 4) is 11.5 Å². The molecule has 0 aliphatic carbocycles. The molecule has 0 spiro atoms. The maximum absolute atomic E-state index is 12.5. The minimum atomic E-state index is -3.62. The van der Waals surface area contributed by atoms with Crippen LogP contribution in [-0.4, -0.2) is 75.4 Å². The Morgan fingerprint density at radius 3 is 2.31 bits per heavy atom. The third kappa shape index (κ3) is 5.55.